The first-order valence-electron chi connectivity index (χ1n) is 27.7. The van der Waals surface area contributed by atoms with Gasteiger partial charge in [-0.3, -0.25) is 14.4 Å². The zero-order chi connectivity index (χ0) is 50.0. The van der Waals surface area contributed by atoms with E-state index in [4.69, 9.17) is 14.2 Å². The van der Waals surface area contributed by atoms with Gasteiger partial charge in [-0.05, 0) is 128 Å². The lowest BCUT2D eigenvalue weighted by Crippen LogP contribution is -2.30. The van der Waals surface area contributed by atoms with E-state index in [0.717, 1.165) is 109 Å². The van der Waals surface area contributed by atoms with Crippen LogP contribution in [0, 0.1) is 0 Å². The highest BCUT2D eigenvalue weighted by molar-refractivity contribution is 5.71. The van der Waals surface area contributed by atoms with Crippen molar-refractivity contribution in [2.24, 2.45) is 0 Å². The molecule has 0 aromatic rings. The van der Waals surface area contributed by atoms with Gasteiger partial charge in [-0.1, -0.05) is 212 Å². The Morgan fingerprint density at radius 3 is 1.03 bits per heavy atom. The van der Waals surface area contributed by atoms with E-state index in [-0.39, 0.29) is 44.0 Å². The number of carbonyl (C=O) groups is 3. The summed E-state index contributed by atoms with van der Waals surface area (Å²) in [4.78, 5) is 38.1. The van der Waals surface area contributed by atoms with Gasteiger partial charge in [0, 0.05) is 19.3 Å². The third kappa shape index (κ3) is 54.4. The van der Waals surface area contributed by atoms with Gasteiger partial charge in [-0.2, -0.15) is 0 Å². The Morgan fingerprint density at radius 2 is 0.594 bits per heavy atom. The second kappa shape index (κ2) is 56.1. The standard InChI is InChI=1S/C63H100O6/c1-4-7-10-13-16-19-22-25-27-29-31-33-35-38-41-44-47-50-53-56-62(65)68-59-60(58-67-61(64)55-52-49-46-43-40-37-24-21-18-15-12-9-6-3)69-63(66)57-54-51-48-45-42-39-36-34-32-30-28-26-23-20-17-14-11-8-5-2/h7,10,16-17,19-21,24-28,31-34,38-39,41-42,47,50,60H,4-6,8-9,11-15,18,22-23,29-30,35-37,40,43-46,48-49,51-59H2,1-3H3/b10-7-,19-16-,20-17-,24-21-,27-25-,28-26-,33-31-,34-32-,41-38-,42-39-,50-47-/t60-/m1/s1. The van der Waals surface area contributed by atoms with Crippen LogP contribution in [0.15, 0.2) is 134 Å². The van der Waals surface area contributed by atoms with E-state index >= 15 is 0 Å². The summed E-state index contributed by atoms with van der Waals surface area (Å²) < 4.78 is 16.7. The molecule has 0 rings (SSSR count). The molecule has 0 fully saturated rings. The predicted octanol–water partition coefficient (Wildman–Crippen LogP) is 18.6. The Balaban J connectivity index is 4.59. The van der Waals surface area contributed by atoms with Gasteiger partial charge < -0.3 is 14.2 Å². The van der Waals surface area contributed by atoms with Crippen molar-refractivity contribution in [3.8, 4) is 0 Å². The molecule has 0 radical (unpaired) electrons. The number of allylic oxidation sites excluding steroid dienone is 22. The highest BCUT2D eigenvalue weighted by Crippen LogP contribution is 2.12. The van der Waals surface area contributed by atoms with Crippen molar-refractivity contribution in [3.05, 3.63) is 134 Å². The van der Waals surface area contributed by atoms with Gasteiger partial charge in [0.1, 0.15) is 13.2 Å². The molecule has 0 aliphatic heterocycles. The second-order valence-corrected chi connectivity index (χ2v) is 17.7. The number of rotatable bonds is 48. The van der Waals surface area contributed by atoms with Crippen molar-refractivity contribution in [2.75, 3.05) is 13.2 Å². The van der Waals surface area contributed by atoms with Crippen LogP contribution in [0.2, 0.25) is 0 Å². The summed E-state index contributed by atoms with van der Waals surface area (Å²) in [7, 11) is 0. The first-order chi connectivity index (χ1) is 34.0. The largest absolute Gasteiger partial charge is 0.462 e. The smallest absolute Gasteiger partial charge is 0.306 e. The SMILES string of the molecule is CC/C=C\C/C=C\C/C=C\C/C=C\C/C=C\C/C=C\CCC(=O)OC[C@@H](COC(=O)CCCCCCC/C=C\CCCCCC)OC(=O)CCCCC/C=C\C/C=C\C/C=C\C/C=C\CCCCC. The van der Waals surface area contributed by atoms with Gasteiger partial charge in [-0.15, -0.1) is 0 Å². The fraction of sp³-hybridized carbons (Fsp3) is 0.603. The number of hydrogen-bond acceptors (Lipinski definition) is 6. The van der Waals surface area contributed by atoms with Crippen LogP contribution in [0.4, 0.5) is 0 Å². The van der Waals surface area contributed by atoms with Gasteiger partial charge in [0.05, 0.1) is 0 Å². The Kier molecular flexibility index (Phi) is 52.5. The molecule has 0 amide bonds. The molecule has 0 bridgehead atoms. The third-order valence-corrected chi connectivity index (χ3v) is 11.1. The Bertz CT molecular complexity index is 1510. The van der Waals surface area contributed by atoms with Crippen LogP contribution in [0.25, 0.3) is 0 Å². The van der Waals surface area contributed by atoms with Crippen molar-refractivity contribution in [1.29, 1.82) is 0 Å². The summed E-state index contributed by atoms with van der Waals surface area (Å²) in [6.07, 6.45) is 78.7. The fourth-order valence-corrected chi connectivity index (χ4v) is 6.97. The highest BCUT2D eigenvalue weighted by Gasteiger charge is 2.19. The molecular weight excluding hydrogens is 853 g/mol. The van der Waals surface area contributed by atoms with E-state index in [1.54, 1.807) is 0 Å². The minimum absolute atomic E-state index is 0.123. The van der Waals surface area contributed by atoms with E-state index < -0.39 is 6.10 Å². The summed E-state index contributed by atoms with van der Waals surface area (Å²) in [6.45, 7) is 6.37. The quantitative estimate of drug-likeness (QED) is 0.0262. The summed E-state index contributed by atoms with van der Waals surface area (Å²) in [5.41, 5.74) is 0. The Labute approximate surface area is 424 Å². The van der Waals surface area contributed by atoms with Gasteiger partial charge in [0.15, 0.2) is 6.10 Å². The lowest BCUT2D eigenvalue weighted by atomic mass is 10.1. The van der Waals surface area contributed by atoms with Crippen LogP contribution in [0.3, 0.4) is 0 Å². The van der Waals surface area contributed by atoms with Gasteiger partial charge in [0.25, 0.3) is 0 Å². The first-order valence-corrected chi connectivity index (χ1v) is 27.7. The average Bonchev–Trinajstić information content (AvgIpc) is 3.35. The Hall–Kier alpha value is -4.45. The molecule has 0 aromatic carbocycles. The maximum Gasteiger partial charge on any atom is 0.306 e. The van der Waals surface area contributed by atoms with Crippen LogP contribution in [0.1, 0.15) is 226 Å². The minimum atomic E-state index is -0.834. The number of ether oxygens (including phenoxy) is 3. The molecule has 0 spiro atoms. The molecule has 0 saturated heterocycles. The number of hydrogen-bond donors (Lipinski definition) is 0. The van der Waals surface area contributed by atoms with E-state index in [1.165, 1.54) is 64.2 Å². The van der Waals surface area contributed by atoms with Gasteiger partial charge in [-0.25, -0.2) is 0 Å². The van der Waals surface area contributed by atoms with Crippen molar-refractivity contribution in [2.45, 2.75) is 232 Å². The molecule has 69 heavy (non-hydrogen) atoms. The van der Waals surface area contributed by atoms with E-state index in [0.29, 0.717) is 19.3 Å². The zero-order valence-corrected chi connectivity index (χ0v) is 44.3. The number of unbranched alkanes of at least 4 members (excludes halogenated alkanes) is 15. The monoisotopic (exact) mass is 953 g/mol. The van der Waals surface area contributed by atoms with E-state index in [9.17, 15) is 14.4 Å². The molecule has 0 N–H and O–H groups in total. The molecule has 0 aromatic heterocycles. The topological polar surface area (TPSA) is 78.9 Å². The molecule has 6 nitrogen and oxygen atoms in total. The molecule has 0 aliphatic rings. The number of esters is 3. The molecule has 0 unspecified atom stereocenters. The Morgan fingerprint density at radius 1 is 0.304 bits per heavy atom. The van der Waals surface area contributed by atoms with Crippen molar-refractivity contribution in [1.82, 2.24) is 0 Å². The maximum atomic E-state index is 12.8. The molecule has 0 aliphatic carbocycles. The molecule has 6 heteroatoms. The average molecular weight is 953 g/mol. The van der Waals surface area contributed by atoms with Crippen LogP contribution in [-0.2, 0) is 28.6 Å². The van der Waals surface area contributed by atoms with E-state index in [2.05, 4.69) is 142 Å². The molecule has 1 atom stereocenters. The van der Waals surface area contributed by atoms with Crippen molar-refractivity contribution >= 4 is 17.9 Å². The maximum absolute atomic E-state index is 12.8. The molecule has 0 heterocycles. The van der Waals surface area contributed by atoms with Crippen LogP contribution >= 0.6 is 0 Å². The van der Waals surface area contributed by atoms with Crippen LogP contribution in [0.5, 0.6) is 0 Å². The predicted molar refractivity (Wildman–Crippen MR) is 297 cm³/mol. The third-order valence-electron chi connectivity index (χ3n) is 11.1. The lowest BCUT2D eigenvalue weighted by Gasteiger charge is -2.18. The van der Waals surface area contributed by atoms with Crippen molar-refractivity contribution < 1.29 is 28.6 Å². The molecular formula is C63H100O6. The summed E-state index contributed by atoms with van der Waals surface area (Å²) in [5.74, 6) is -1.06. The second-order valence-electron chi connectivity index (χ2n) is 17.7. The molecule has 388 valence electrons. The summed E-state index contributed by atoms with van der Waals surface area (Å²) in [5, 5.41) is 0. The summed E-state index contributed by atoms with van der Waals surface area (Å²) in [6, 6.07) is 0. The highest BCUT2D eigenvalue weighted by atomic mass is 16.6. The summed E-state index contributed by atoms with van der Waals surface area (Å²) >= 11 is 0. The fourth-order valence-electron chi connectivity index (χ4n) is 6.97. The van der Waals surface area contributed by atoms with Crippen molar-refractivity contribution in [3.63, 3.8) is 0 Å². The van der Waals surface area contributed by atoms with Crippen LogP contribution in [-0.4, -0.2) is 37.2 Å². The minimum Gasteiger partial charge on any atom is -0.462 e. The van der Waals surface area contributed by atoms with Gasteiger partial charge >= 0.3 is 17.9 Å². The zero-order valence-electron chi connectivity index (χ0n) is 44.3. The lowest BCUT2D eigenvalue weighted by molar-refractivity contribution is -0.166. The van der Waals surface area contributed by atoms with E-state index in [1.807, 2.05) is 12.2 Å². The van der Waals surface area contributed by atoms with Crippen LogP contribution < -0.4 is 0 Å². The normalized spacial score (nSPS) is 13.1. The first kappa shape index (κ1) is 64.5. The van der Waals surface area contributed by atoms with Gasteiger partial charge in [0.2, 0.25) is 0 Å². The number of carbonyl (C=O) groups excluding carboxylic acids is 3. The molecule has 0 saturated carbocycles.